The van der Waals surface area contributed by atoms with E-state index in [2.05, 4.69) is 38.3 Å². The molecule has 2 saturated heterocycles. The van der Waals surface area contributed by atoms with E-state index in [0.717, 1.165) is 37.7 Å². The lowest BCUT2D eigenvalue weighted by atomic mass is 9.43. The Labute approximate surface area is 288 Å². The highest BCUT2D eigenvalue weighted by Gasteiger charge is 2.68. The number of piperidine rings is 1. The minimum Gasteiger partial charge on any atom is -0.445 e. The van der Waals surface area contributed by atoms with E-state index in [-0.39, 0.29) is 47.4 Å². The van der Waals surface area contributed by atoms with Gasteiger partial charge in [0.05, 0.1) is 17.6 Å². The van der Waals surface area contributed by atoms with Gasteiger partial charge < -0.3 is 29.6 Å². The summed E-state index contributed by atoms with van der Waals surface area (Å²) in [5.41, 5.74) is -0.402. The van der Waals surface area contributed by atoms with Crippen LogP contribution in [0.5, 0.6) is 0 Å². The zero-order valence-corrected chi connectivity index (χ0v) is 30.1. The largest absolute Gasteiger partial charge is 0.481 e. The summed E-state index contributed by atoms with van der Waals surface area (Å²) in [6.45, 7) is 13.5. The quantitative estimate of drug-likeness (QED) is 0.265. The Balaban J connectivity index is 1.19. The van der Waals surface area contributed by atoms with Gasteiger partial charge in [0.2, 0.25) is 11.8 Å². The second-order valence-electron chi connectivity index (χ2n) is 16.5. The molecule has 2 heterocycles. The number of carbonyl (C=O) groups is 3. The number of ether oxygens (including phenoxy) is 1. The summed E-state index contributed by atoms with van der Waals surface area (Å²) >= 11 is 0. The predicted octanol–water partition coefficient (Wildman–Crippen LogP) is 6.43. The first kappa shape index (κ1) is 35.2. The highest BCUT2D eigenvalue weighted by atomic mass is 16.7. The molecule has 1 aromatic carbocycles. The Kier molecular flexibility index (Phi) is 10.3. The fraction of sp³-hybridized carbons (Fsp3) is 0.763. The third-order valence-electron chi connectivity index (χ3n) is 13.2. The molecule has 48 heavy (non-hydrogen) atoms. The zero-order chi connectivity index (χ0) is 34.3. The molecule has 7 atom stereocenters. The number of hydrogen-bond donors (Lipinski definition) is 2. The molecule has 2 bridgehead atoms. The molecule has 4 aliphatic carbocycles. The van der Waals surface area contributed by atoms with Crippen LogP contribution in [0.3, 0.4) is 0 Å². The highest BCUT2D eigenvalue weighted by molar-refractivity contribution is 6.47. The van der Waals surface area contributed by atoms with Crippen molar-refractivity contribution < 1.29 is 28.4 Å². The summed E-state index contributed by atoms with van der Waals surface area (Å²) < 4.78 is 19.0. The van der Waals surface area contributed by atoms with Crippen LogP contribution >= 0.6 is 0 Å². The number of carbonyl (C=O) groups excluding carboxylic acids is 3. The van der Waals surface area contributed by atoms with Gasteiger partial charge in [-0.3, -0.25) is 9.59 Å². The van der Waals surface area contributed by atoms with E-state index in [9.17, 15) is 14.4 Å². The summed E-state index contributed by atoms with van der Waals surface area (Å²) in [4.78, 5) is 44.1. The number of amides is 3. The van der Waals surface area contributed by atoms with Gasteiger partial charge in [0, 0.05) is 6.54 Å². The number of likely N-dealkylation sites (tertiary alicyclic amines) is 1. The SMILES string of the molecule is CCC(NC(=O)[C@@H](CC1CCCCC1)N1CCCC(NC(=O)OCc2ccccc2)(C(C)C)C1=O)B1OC2CC3CC(C3(C)C)C2(C)O1. The first-order chi connectivity index (χ1) is 22.9. The van der Waals surface area contributed by atoms with Crippen molar-refractivity contribution in [1.82, 2.24) is 15.5 Å². The molecule has 264 valence electrons. The lowest BCUT2D eigenvalue weighted by molar-refractivity contribution is -0.199. The first-order valence-corrected chi connectivity index (χ1v) is 18.8. The van der Waals surface area contributed by atoms with Crippen LogP contribution in [0.25, 0.3) is 0 Å². The Hall–Kier alpha value is -2.59. The second-order valence-corrected chi connectivity index (χ2v) is 16.5. The number of nitrogens with zero attached hydrogens (tertiary/aromatic N) is 1. The van der Waals surface area contributed by atoms with Gasteiger partial charge in [-0.05, 0) is 80.1 Å². The average Bonchev–Trinajstić information content (AvgIpc) is 3.44. The number of nitrogens with one attached hydrogen (secondary N) is 2. The molecule has 0 spiro atoms. The molecule has 0 aromatic heterocycles. The van der Waals surface area contributed by atoms with E-state index in [4.69, 9.17) is 14.0 Å². The molecule has 10 heteroatoms. The number of alkyl carbamates (subject to hydrolysis) is 1. The Morgan fingerprint density at radius 3 is 2.46 bits per heavy atom. The normalized spacial score (nSPS) is 32.6. The first-order valence-electron chi connectivity index (χ1n) is 18.8. The smallest absolute Gasteiger partial charge is 0.445 e. The molecule has 4 saturated carbocycles. The molecular formula is C38H58BN3O6. The molecular weight excluding hydrogens is 605 g/mol. The molecule has 6 fully saturated rings. The van der Waals surface area contributed by atoms with Crippen LogP contribution in [0.2, 0.25) is 0 Å². The van der Waals surface area contributed by atoms with E-state index >= 15 is 0 Å². The third kappa shape index (κ3) is 6.52. The number of rotatable bonds is 11. The van der Waals surface area contributed by atoms with Crippen molar-refractivity contribution in [3.8, 4) is 0 Å². The molecule has 0 radical (unpaired) electrons. The van der Waals surface area contributed by atoms with Gasteiger partial charge in [-0.25, -0.2) is 4.79 Å². The maximum absolute atomic E-state index is 14.6. The van der Waals surface area contributed by atoms with Crippen molar-refractivity contribution in [3.05, 3.63) is 35.9 Å². The number of benzene rings is 1. The van der Waals surface area contributed by atoms with Crippen LogP contribution in [0.15, 0.2) is 30.3 Å². The summed E-state index contributed by atoms with van der Waals surface area (Å²) in [5.74, 6) is 0.591. The summed E-state index contributed by atoms with van der Waals surface area (Å²) in [6, 6.07) is 8.87. The molecule has 6 unspecified atom stereocenters. The summed E-state index contributed by atoms with van der Waals surface area (Å²) in [6.07, 6.45) is 9.68. The fourth-order valence-corrected chi connectivity index (χ4v) is 9.85. The van der Waals surface area contributed by atoms with Crippen molar-refractivity contribution in [1.29, 1.82) is 0 Å². The third-order valence-corrected chi connectivity index (χ3v) is 13.2. The predicted molar refractivity (Wildman–Crippen MR) is 186 cm³/mol. The summed E-state index contributed by atoms with van der Waals surface area (Å²) in [7, 11) is -0.521. The standard InChI is InChI=1S/C38H58BN3O6/c1-7-32(39-47-31-23-28-22-30(36(28,4)5)37(31,6)48-39)40-33(43)29(21-26-15-10-8-11-16-26)42-20-14-19-38(25(2)3,34(42)44)41-35(45)46-24-27-17-12-9-13-18-27/h9,12-13,17-18,25-26,28-32H,7-8,10-11,14-16,19-24H2,1-6H3,(H,40,43)(H,41,45)/t28?,29-,30?,31?,32?,37?,38?/m1/s1. The van der Waals surface area contributed by atoms with E-state index < -0.39 is 24.8 Å². The van der Waals surface area contributed by atoms with Crippen LogP contribution < -0.4 is 10.6 Å². The van der Waals surface area contributed by atoms with Crippen molar-refractivity contribution in [3.63, 3.8) is 0 Å². The van der Waals surface area contributed by atoms with Gasteiger partial charge in [-0.2, -0.15) is 0 Å². The van der Waals surface area contributed by atoms with Gasteiger partial charge >= 0.3 is 13.2 Å². The lowest BCUT2D eigenvalue weighted by Crippen LogP contribution is -2.68. The van der Waals surface area contributed by atoms with Crippen LogP contribution in [0.1, 0.15) is 118 Å². The maximum atomic E-state index is 14.6. The van der Waals surface area contributed by atoms with Crippen molar-refractivity contribution >= 4 is 25.0 Å². The Morgan fingerprint density at radius 2 is 1.79 bits per heavy atom. The molecule has 1 aromatic rings. The van der Waals surface area contributed by atoms with Crippen LogP contribution in [0.4, 0.5) is 4.79 Å². The van der Waals surface area contributed by atoms with Gasteiger partial charge in [-0.15, -0.1) is 0 Å². The molecule has 2 aliphatic heterocycles. The van der Waals surface area contributed by atoms with E-state index in [1.807, 2.05) is 44.2 Å². The van der Waals surface area contributed by atoms with Gasteiger partial charge in [0.1, 0.15) is 18.2 Å². The van der Waals surface area contributed by atoms with Crippen molar-refractivity contribution in [2.24, 2.45) is 29.1 Å². The lowest BCUT2D eigenvalue weighted by Gasteiger charge is -2.64. The monoisotopic (exact) mass is 663 g/mol. The molecule has 6 aliphatic rings. The minimum absolute atomic E-state index is 0.0336. The zero-order valence-electron chi connectivity index (χ0n) is 30.1. The van der Waals surface area contributed by atoms with Crippen LogP contribution in [-0.4, -0.2) is 65.7 Å². The second kappa shape index (κ2) is 14.0. The van der Waals surface area contributed by atoms with E-state index in [1.165, 1.54) is 12.8 Å². The Morgan fingerprint density at radius 1 is 1.06 bits per heavy atom. The van der Waals surface area contributed by atoms with E-state index in [1.54, 1.807) is 4.90 Å². The summed E-state index contributed by atoms with van der Waals surface area (Å²) in [5, 5.41) is 6.33. The van der Waals surface area contributed by atoms with Gasteiger partial charge in [0.15, 0.2) is 0 Å². The minimum atomic E-state index is -1.16. The van der Waals surface area contributed by atoms with Crippen LogP contribution in [-0.2, 0) is 30.2 Å². The topological polar surface area (TPSA) is 106 Å². The highest BCUT2D eigenvalue weighted by Crippen LogP contribution is 2.65. The van der Waals surface area contributed by atoms with Gasteiger partial charge in [-0.1, -0.05) is 97.1 Å². The van der Waals surface area contributed by atoms with Crippen LogP contribution in [0, 0.1) is 29.1 Å². The average molecular weight is 664 g/mol. The van der Waals surface area contributed by atoms with Crippen molar-refractivity contribution in [2.75, 3.05) is 6.54 Å². The molecule has 9 nitrogen and oxygen atoms in total. The number of hydrogen-bond acceptors (Lipinski definition) is 6. The van der Waals surface area contributed by atoms with Gasteiger partial charge in [0.25, 0.3) is 0 Å². The fourth-order valence-electron chi connectivity index (χ4n) is 9.85. The van der Waals surface area contributed by atoms with E-state index in [0.29, 0.717) is 50.0 Å². The maximum Gasteiger partial charge on any atom is 0.481 e. The Bertz CT molecular complexity index is 1320. The van der Waals surface area contributed by atoms with Crippen molar-refractivity contribution in [2.45, 2.75) is 148 Å². The molecule has 2 N–H and O–H groups in total. The molecule has 3 amide bonds. The molecule has 7 rings (SSSR count).